The number of ether oxygens (including phenoxy) is 1. The summed E-state index contributed by atoms with van der Waals surface area (Å²) in [7, 11) is 0. The quantitative estimate of drug-likeness (QED) is 0.646. The smallest absolute Gasteiger partial charge is 0.246 e. The van der Waals surface area contributed by atoms with Crippen LogP contribution in [0.25, 0.3) is 10.8 Å². The average molecular weight is 362 g/mol. The van der Waals surface area contributed by atoms with Gasteiger partial charge < -0.3 is 15.8 Å². The summed E-state index contributed by atoms with van der Waals surface area (Å²) in [4.78, 5) is 24.0. The van der Waals surface area contributed by atoms with Gasteiger partial charge in [0, 0.05) is 6.42 Å². The molecular formula is C22H22N2O3. The van der Waals surface area contributed by atoms with Crippen LogP contribution in [0, 0.1) is 0 Å². The van der Waals surface area contributed by atoms with Gasteiger partial charge in [0.1, 0.15) is 12.6 Å². The van der Waals surface area contributed by atoms with Crippen LogP contribution in [-0.4, -0.2) is 24.5 Å². The SMILES string of the molecule is NC(=O)[C@@H](Cc1cccc2ccccc12)NC(=O)COCc1ccccc1. The molecule has 3 aromatic rings. The number of fused-ring (bicyclic) bond motifs is 1. The molecular weight excluding hydrogens is 340 g/mol. The fourth-order valence-corrected chi connectivity index (χ4v) is 2.98. The Balaban J connectivity index is 1.60. The fraction of sp³-hybridized carbons (Fsp3) is 0.182. The van der Waals surface area contributed by atoms with Crippen molar-refractivity contribution >= 4 is 22.6 Å². The summed E-state index contributed by atoms with van der Waals surface area (Å²) >= 11 is 0. The van der Waals surface area contributed by atoms with Crippen molar-refractivity contribution < 1.29 is 14.3 Å². The second-order valence-corrected chi connectivity index (χ2v) is 6.34. The molecule has 0 fully saturated rings. The number of hydrogen-bond acceptors (Lipinski definition) is 3. The van der Waals surface area contributed by atoms with E-state index in [9.17, 15) is 9.59 Å². The molecule has 3 rings (SSSR count). The predicted octanol–water partition coefficient (Wildman–Crippen LogP) is 2.57. The lowest BCUT2D eigenvalue weighted by Gasteiger charge is -2.17. The number of rotatable bonds is 8. The van der Waals surface area contributed by atoms with Crippen LogP contribution < -0.4 is 11.1 Å². The highest BCUT2D eigenvalue weighted by Crippen LogP contribution is 2.19. The molecule has 3 N–H and O–H groups in total. The molecule has 2 amide bonds. The number of carbonyl (C=O) groups excluding carboxylic acids is 2. The lowest BCUT2D eigenvalue weighted by Crippen LogP contribution is -2.47. The predicted molar refractivity (Wildman–Crippen MR) is 105 cm³/mol. The first-order valence-corrected chi connectivity index (χ1v) is 8.80. The van der Waals surface area contributed by atoms with Crippen LogP contribution in [0.1, 0.15) is 11.1 Å². The van der Waals surface area contributed by atoms with Crippen LogP contribution in [0.5, 0.6) is 0 Å². The van der Waals surface area contributed by atoms with E-state index >= 15 is 0 Å². The van der Waals surface area contributed by atoms with Gasteiger partial charge >= 0.3 is 0 Å². The Hall–Kier alpha value is -3.18. The highest BCUT2D eigenvalue weighted by atomic mass is 16.5. The molecule has 0 aliphatic rings. The minimum atomic E-state index is -0.788. The van der Waals surface area contributed by atoms with E-state index in [0.29, 0.717) is 13.0 Å². The third kappa shape index (κ3) is 5.15. The number of carbonyl (C=O) groups is 2. The number of primary amides is 1. The summed E-state index contributed by atoms with van der Waals surface area (Å²) in [5, 5.41) is 4.80. The van der Waals surface area contributed by atoms with Gasteiger partial charge in [0.25, 0.3) is 0 Å². The second-order valence-electron chi connectivity index (χ2n) is 6.34. The highest BCUT2D eigenvalue weighted by molar-refractivity contribution is 5.89. The van der Waals surface area contributed by atoms with Crippen LogP contribution in [0.4, 0.5) is 0 Å². The largest absolute Gasteiger partial charge is 0.368 e. The summed E-state index contributed by atoms with van der Waals surface area (Å²) in [5.41, 5.74) is 7.44. The maximum Gasteiger partial charge on any atom is 0.246 e. The van der Waals surface area contributed by atoms with Crippen molar-refractivity contribution in [2.24, 2.45) is 5.73 Å². The van der Waals surface area contributed by atoms with Gasteiger partial charge in [-0.2, -0.15) is 0 Å². The lowest BCUT2D eigenvalue weighted by molar-refractivity contribution is -0.130. The van der Waals surface area contributed by atoms with E-state index < -0.39 is 11.9 Å². The zero-order valence-corrected chi connectivity index (χ0v) is 14.9. The monoisotopic (exact) mass is 362 g/mol. The zero-order valence-electron chi connectivity index (χ0n) is 14.9. The Bertz CT molecular complexity index is 920. The Labute approximate surface area is 158 Å². The van der Waals surface area contributed by atoms with Crippen LogP contribution in [0.2, 0.25) is 0 Å². The van der Waals surface area contributed by atoms with Crippen molar-refractivity contribution in [3.8, 4) is 0 Å². The molecule has 0 aliphatic carbocycles. The summed E-state index contributed by atoms with van der Waals surface area (Å²) in [5.74, 6) is -0.936. The summed E-state index contributed by atoms with van der Waals surface area (Å²) in [6.45, 7) is 0.201. The van der Waals surface area contributed by atoms with Crippen LogP contribution in [-0.2, 0) is 27.4 Å². The minimum Gasteiger partial charge on any atom is -0.368 e. The molecule has 5 heteroatoms. The molecule has 1 atom stereocenters. The van der Waals surface area contributed by atoms with E-state index in [1.807, 2.05) is 72.8 Å². The minimum absolute atomic E-state index is 0.131. The van der Waals surface area contributed by atoms with Gasteiger partial charge in [-0.1, -0.05) is 72.8 Å². The van der Waals surface area contributed by atoms with Gasteiger partial charge in [-0.3, -0.25) is 9.59 Å². The van der Waals surface area contributed by atoms with Crippen LogP contribution in [0.15, 0.2) is 72.8 Å². The van der Waals surface area contributed by atoms with Crippen molar-refractivity contribution in [3.63, 3.8) is 0 Å². The van der Waals surface area contributed by atoms with Gasteiger partial charge in [-0.05, 0) is 21.9 Å². The zero-order chi connectivity index (χ0) is 19.1. The Morgan fingerprint density at radius 2 is 1.63 bits per heavy atom. The van der Waals surface area contributed by atoms with E-state index in [1.54, 1.807) is 0 Å². The van der Waals surface area contributed by atoms with E-state index in [-0.39, 0.29) is 12.5 Å². The third-order valence-electron chi connectivity index (χ3n) is 4.33. The molecule has 0 heterocycles. The van der Waals surface area contributed by atoms with E-state index in [4.69, 9.17) is 10.5 Å². The Morgan fingerprint density at radius 1 is 0.926 bits per heavy atom. The molecule has 0 bridgehead atoms. The summed E-state index contributed by atoms with van der Waals surface area (Å²) in [6, 6.07) is 22.6. The number of nitrogens with two attached hydrogens (primary N) is 1. The Morgan fingerprint density at radius 3 is 2.41 bits per heavy atom. The molecule has 0 saturated heterocycles. The van der Waals surface area contributed by atoms with E-state index in [0.717, 1.165) is 21.9 Å². The fourth-order valence-electron chi connectivity index (χ4n) is 2.98. The third-order valence-corrected chi connectivity index (χ3v) is 4.33. The van der Waals surface area contributed by atoms with Crippen LogP contribution in [0.3, 0.4) is 0 Å². The molecule has 0 aromatic heterocycles. The number of amides is 2. The number of nitrogens with one attached hydrogen (secondary N) is 1. The average Bonchev–Trinajstić information content (AvgIpc) is 2.68. The van der Waals surface area contributed by atoms with E-state index in [2.05, 4.69) is 5.32 Å². The maximum atomic E-state index is 12.2. The van der Waals surface area contributed by atoms with Crippen molar-refractivity contribution in [1.82, 2.24) is 5.32 Å². The standard InChI is InChI=1S/C22H22N2O3/c23-22(26)20(13-18-11-6-10-17-9-4-5-12-19(17)18)24-21(25)15-27-14-16-7-2-1-3-8-16/h1-12,20H,13-15H2,(H2,23,26)(H,24,25)/t20-/m1/s1. The molecule has 0 unspecified atom stereocenters. The van der Waals surface area contributed by atoms with Crippen molar-refractivity contribution in [1.29, 1.82) is 0 Å². The molecule has 0 saturated carbocycles. The van der Waals surface area contributed by atoms with E-state index in [1.165, 1.54) is 0 Å². The Kier molecular flexibility index (Phi) is 6.18. The lowest BCUT2D eigenvalue weighted by atomic mass is 9.98. The van der Waals surface area contributed by atoms with Gasteiger partial charge in [0.05, 0.1) is 6.61 Å². The van der Waals surface area contributed by atoms with Gasteiger partial charge in [-0.25, -0.2) is 0 Å². The van der Waals surface area contributed by atoms with Crippen molar-refractivity contribution in [3.05, 3.63) is 83.9 Å². The first-order chi connectivity index (χ1) is 13.1. The normalized spacial score (nSPS) is 11.9. The number of hydrogen-bond donors (Lipinski definition) is 2. The van der Waals surface area contributed by atoms with Gasteiger partial charge in [-0.15, -0.1) is 0 Å². The van der Waals surface area contributed by atoms with Gasteiger partial charge in [0.2, 0.25) is 11.8 Å². The second kappa shape index (κ2) is 8.96. The first kappa shape index (κ1) is 18.6. The first-order valence-electron chi connectivity index (χ1n) is 8.80. The van der Waals surface area contributed by atoms with Crippen molar-refractivity contribution in [2.75, 3.05) is 6.61 Å². The molecule has 0 radical (unpaired) electrons. The maximum absolute atomic E-state index is 12.2. The van der Waals surface area contributed by atoms with Gasteiger partial charge in [0.15, 0.2) is 0 Å². The molecule has 27 heavy (non-hydrogen) atoms. The molecule has 0 aliphatic heterocycles. The van der Waals surface area contributed by atoms with Crippen molar-refractivity contribution in [2.45, 2.75) is 19.1 Å². The molecule has 5 nitrogen and oxygen atoms in total. The topological polar surface area (TPSA) is 81.4 Å². The molecule has 0 spiro atoms. The molecule has 138 valence electrons. The molecule has 3 aromatic carbocycles. The summed E-state index contributed by atoms with van der Waals surface area (Å²) < 4.78 is 5.42. The summed E-state index contributed by atoms with van der Waals surface area (Å²) in [6.07, 6.45) is 0.334. The number of benzene rings is 3. The highest BCUT2D eigenvalue weighted by Gasteiger charge is 2.19. The van der Waals surface area contributed by atoms with Crippen LogP contribution >= 0.6 is 0 Å².